The first-order valence-corrected chi connectivity index (χ1v) is 6.27. The fraction of sp³-hybridized carbons (Fsp3) is 1.00. The molecule has 1 aliphatic carbocycles. The summed E-state index contributed by atoms with van der Waals surface area (Å²) in [4.78, 5) is 2.64. The molecular weight excluding hydrogens is 172 g/mol. The van der Waals surface area contributed by atoms with Crippen molar-refractivity contribution >= 4 is 0 Å². The summed E-state index contributed by atoms with van der Waals surface area (Å²) in [6.45, 7) is 1.37. The van der Waals surface area contributed by atoms with Crippen LogP contribution in [-0.2, 0) is 0 Å². The molecule has 2 aliphatic heterocycles. The zero-order valence-corrected chi connectivity index (χ0v) is 9.21. The van der Waals surface area contributed by atoms with Gasteiger partial charge in [0.05, 0.1) is 0 Å². The van der Waals surface area contributed by atoms with Gasteiger partial charge in [0.25, 0.3) is 0 Å². The van der Waals surface area contributed by atoms with E-state index < -0.39 is 0 Å². The maximum Gasteiger partial charge on any atom is 0.0122 e. The topological polar surface area (TPSA) is 15.3 Å². The molecule has 2 bridgehead atoms. The van der Waals surface area contributed by atoms with Crippen LogP contribution in [0.3, 0.4) is 0 Å². The molecule has 0 radical (unpaired) electrons. The Hall–Kier alpha value is -0.0800. The van der Waals surface area contributed by atoms with Gasteiger partial charge in [-0.2, -0.15) is 0 Å². The Morgan fingerprint density at radius 2 is 1.71 bits per heavy atom. The average molecular weight is 194 g/mol. The lowest BCUT2D eigenvalue weighted by Crippen LogP contribution is -2.47. The number of piperidine rings is 1. The first-order chi connectivity index (χ1) is 6.81. The van der Waals surface area contributed by atoms with Crippen LogP contribution in [0.25, 0.3) is 0 Å². The first kappa shape index (κ1) is 9.17. The lowest BCUT2D eigenvalue weighted by atomic mass is 9.98. The van der Waals surface area contributed by atoms with E-state index in [2.05, 4.69) is 17.3 Å². The molecule has 0 amide bonds. The van der Waals surface area contributed by atoms with Crippen LogP contribution in [-0.4, -0.2) is 36.6 Å². The van der Waals surface area contributed by atoms with Crippen LogP contribution in [0.15, 0.2) is 0 Å². The van der Waals surface area contributed by atoms with Crippen molar-refractivity contribution in [1.82, 2.24) is 10.2 Å². The Kier molecular flexibility index (Phi) is 2.29. The maximum absolute atomic E-state index is 3.72. The van der Waals surface area contributed by atoms with Gasteiger partial charge in [0.1, 0.15) is 0 Å². The van der Waals surface area contributed by atoms with Gasteiger partial charge in [-0.1, -0.05) is 0 Å². The van der Waals surface area contributed by atoms with E-state index >= 15 is 0 Å². The molecule has 1 N–H and O–H groups in total. The summed E-state index contributed by atoms with van der Waals surface area (Å²) < 4.78 is 0. The predicted molar refractivity (Wildman–Crippen MR) is 58.3 cm³/mol. The predicted octanol–water partition coefficient (Wildman–Crippen LogP) is 1.61. The standard InChI is InChI=1S/C12H22N2/c1-14(8-9-2-3-9)12-6-10-4-5-11(7-12)13-10/h9-13H,2-8H2,1H3. The van der Waals surface area contributed by atoms with Gasteiger partial charge in [-0.15, -0.1) is 0 Å². The summed E-state index contributed by atoms with van der Waals surface area (Å²) >= 11 is 0. The summed E-state index contributed by atoms with van der Waals surface area (Å²) in [5, 5.41) is 3.72. The average Bonchev–Trinajstić information content (AvgIpc) is 2.93. The number of hydrogen-bond donors (Lipinski definition) is 1. The summed E-state index contributed by atoms with van der Waals surface area (Å²) in [6, 6.07) is 2.58. The highest BCUT2D eigenvalue weighted by molar-refractivity contribution is 4.95. The molecule has 2 nitrogen and oxygen atoms in total. The van der Waals surface area contributed by atoms with Gasteiger partial charge in [-0.25, -0.2) is 0 Å². The molecule has 3 fully saturated rings. The fourth-order valence-electron chi connectivity index (χ4n) is 3.24. The Labute approximate surface area is 87.0 Å². The second-order valence-electron chi connectivity index (χ2n) is 5.65. The molecule has 0 aromatic carbocycles. The van der Waals surface area contributed by atoms with E-state index in [0.717, 1.165) is 24.0 Å². The van der Waals surface area contributed by atoms with Crippen LogP contribution in [0.5, 0.6) is 0 Å². The molecule has 2 unspecified atom stereocenters. The molecule has 2 heterocycles. The molecule has 1 saturated carbocycles. The molecule has 2 saturated heterocycles. The van der Waals surface area contributed by atoms with Crippen molar-refractivity contribution in [3.05, 3.63) is 0 Å². The van der Waals surface area contributed by atoms with Crippen LogP contribution >= 0.6 is 0 Å². The van der Waals surface area contributed by atoms with Crippen molar-refractivity contribution in [2.75, 3.05) is 13.6 Å². The lowest BCUT2D eigenvalue weighted by Gasteiger charge is -2.35. The largest absolute Gasteiger partial charge is 0.311 e. The third-order valence-corrected chi connectivity index (χ3v) is 4.31. The number of fused-ring (bicyclic) bond motifs is 2. The van der Waals surface area contributed by atoms with Crippen molar-refractivity contribution < 1.29 is 0 Å². The highest BCUT2D eigenvalue weighted by Crippen LogP contribution is 2.33. The zero-order chi connectivity index (χ0) is 9.54. The monoisotopic (exact) mass is 194 g/mol. The number of rotatable bonds is 3. The Bertz CT molecular complexity index is 200. The fourth-order valence-corrected chi connectivity index (χ4v) is 3.24. The molecule has 0 aromatic heterocycles. The van der Waals surface area contributed by atoms with Crippen LogP contribution in [0.4, 0.5) is 0 Å². The van der Waals surface area contributed by atoms with E-state index in [-0.39, 0.29) is 0 Å². The van der Waals surface area contributed by atoms with E-state index in [4.69, 9.17) is 0 Å². The van der Waals surface area contributed by atoms with E-state index in [1.165, 1.54) is 45.1 Å². The second-order valence-corrected chi connectivity index (χ2v) is 5.65. The molecule has 0 spiro atoms. The van der Waals surface area contributed by atoms with Gasteiger partial charge in [-0.05, 0) is 51.5 Å². The smallest absolute Gasteiger partial charge is 0.0122 e. The van der Waals surface area contributed by atoms with Crippen LogP contribution in [0, 0.1) is 5.92 Å². The van der Waals surface area contributed by atoms with Gasteiger partial charge in [0.15, 0.2) is 0 Å². The van der Waals surface area contributed by atoms with E-state index in [1.807, 2.05) is 0 Å². The molecule has 3 aliphatic rings. The van der Waals surface area contributed by atoms with Gasteiger partial charge in [0.2, 0.25) is 0 Å². The number of nitrogens with one attached hydrogen (secondary N) is 1. The van der Waals surface area contributed by atoms with Crippen molar-refractivity contribution in [2.45, 2.75) is 56.7 Å². The Balaban J connectivity index is 1.56. The molecule has 14 heavy (non-hydrogen) atoms. The van der Waals surface area contributed by atoms with E-state index in [9.17, 15) is 0 Å². The van der Waals surface area contributed by atoms with Gasteiger partial charge < -0.3 is 10.2 Å². The first-order valence-electron chi connectivity index (χ1n) is 6.27. The van der Waals surface area contributed by atoms with Crippen LogP contribution < -0.4 is 5.32 Å². The minimum atomic E-state index is 0.848. The third-order valence-electron chi connectivity index (χ3n) is 4.31. The Morgan fingerprint density at radius 3 is 2.29 bits per heavy atom. The molecule has 3 rings (SSSR count). The molecule has 80 valence electrons. The van der Waals surface area contributed by atoms with Gasteiger partial charge >= 0.3 is 0 Å². The zero-order valence-electron chi connectivity index (χ0n) is 9.21. The SMILES string of the molecule is CN(CC1CC1)C1CC2CCC(C1)N2. The second kappa shape index (κ2) is 3.49. The summed E-state index contributed by atoms with van der Waals surface area (Å²) in [5.74, 6) is 1.05. The third kappa shape index (κ3) is 1.82. The number of hydrogen-bond acceptors (Lipinski definition) is 2. The molecule has 2 atom stereocenters. The quantitative estimate of drug-likeness (QED) is 0.734. The minimum absolute atomic E-state index is 0.848. The van der Waals surface area contributed by atoms with Crippen molar-refractivity contribution in [3.8, 4) is 0 Å². The van der Waals surface area contributed by atoms with Crippen molar-refractivity contribution in [3.63, 3.8) is 0 Å². The lowest BCUT2D eigenvalue weighted by molar-refractivity contribution is 0.167. The minimum Gasteiger partial charge on any atom is -0.311 e. The summed E-state index contributed by atoms with van der Waals surface area (Å²) in [7, 11) is 2.34. The molecule has 0 aromatic rings. The van der Waals surface area contributed by atoms with E-state index in [1.54, 1.807) is 0 Å². The molecular formula is C12H22N2. The van der Waals surface area contributed by atoms with Gasteiger partial charge in [0, 0.05) is 24.7 Å². The number of nitrogens with zero attached hydrogens (tertiary/aromatic N) is 1. The van der Waals surface area contributed by atoms with Crippen LogP contribution in [0.1, 0.15) is 38.5 Å². The van der Waals surface area contributed by atoms with Gasteiger partial charge in [-0.3, -0.25) is 0 Å². The van der Waals surface area contributed by atoms with E-state index in [0.29, 0.717) is 0 Å². The highest BCUT2D eigenvalue weighted by atomic mass is 15.2. The maximum atomic E-state index is 3.72. The Morgan fingerprint density at radius 1 is 1.07 bits per heavy atom. The normalized spacial score (nSPS) is 42.0. The summed E-state index contributed by atoms with van der Waals surface area (Å²) in [6.07, 6.45) is 8.64. The van der Waals surface area contributed by atoms with Crippen molar-refractivity contribution in [2.24, 2.45) is 5.92 Å². The van der Waals surface area contributed by atoms with Crippen LogP contribution in [0.2, 0.25) is 0 Å². The molecule has 2 heteroatoms. The van der Waals surface area contributed by atoms with Crippen molar-refractivity contribution in [1.29, 1.82) is 0 Å². The summed E-state index contributed by atoms with van der Waals surface area (Å²) in [5.41, 5.74) is 0. The highest BCUT2D eigenvalue weighted by Gasteiger charge is 2.36.